The van der Waals surface area contributed by atoms with Gasteiger partial charge >= 0.3 is 0 Å². The molecule has 1 N–H and O–H groups in total. The van der Waals surface area contributed by atoms with Crippen molar-refractivity contribution in [1.29, 1.82) is 0 Å². The molecule has 5 heteroatoms. The lowest BCUT2D eigenvalue weighted by molar-refractivity contribution is -0.129. The molecule has 0 unspecified atom stereocenters. The van der Waals surface area contributed by atoms with Crippen molar-refractivity contribution in [3.63, 3.8) is 0 Å². The van der Waals surface area contributed by atoms with Crippen molar-refractivity contribution in [2.24, 2.45) is 5.92 Å². The van der Waals surface area contributed by atoms with Gasteiger partial charge in [-0.15, -0.1) is 0 Å². The van der Waals surface area contributed by atoms with Crippen molar-refractivity contribution in [2.75, 3.05) is 19.0 Å². The minimum absolute atomic E-state index is 0.0106. The number of ether oxygens (including phenoxy) is 2. The molecule has 0 bridgehead atoms. The average molecular weight is 264 g/mol. The second kappa shape index (κ2) is 6.52. The van der Waals surface area contributed by atoms with Gasteiger partial charge in [0.2, 0.25) is 5.91 Å². The Bertz CT molecular complexity index is 436. The quantitative estimate of drug-likeness (QED) is 0.906. The van der Waals surface area contributed by atoms with E-state index >= 15 is 0 Å². The molecule has 1 fully saturated rings. The fraction of sp³-hybridized carbons (Fsp3) is 0.571. The molecular weight excluding hydrogens is 244 g/mol. The summed E-state index contributed by atoms with van der Waals surface area (Å²) < 4.78 is 10.8. The van der Waals surface area contributed by atoms with Crippen LogP contribution in [0.1, 0.15) is 26.2 Å². The van der Waals surface area contributed by atoms with E-state index < -0.39 is 0 Å². The Morgan fingerprint density at radius 2 is 2.47 bits per heavy atom. The maximum absolute atomic E-state index is 12.3. The standard InChI is InChI=1S/C14H20N2O3/c1-3-12-10(5-4-8-19-12)14(17)16-11-9-15-7-6-13(11)18-2/h6-7,9-10,12H,3-5,8H2,1-2H3,(H,16,17)/t10-,12-/m1/s1. The van der Waals surface area contributed by atoms with Crippen molar-refractivity contribution in [3.05, 3.63) is 18.5 Å². The summed E-state index contributed by atoms with van der Waals surface area (Å²) in [6.07, 6.45) is 5.89. The number of carbonyl (C=O) groups is 1. The summed E-state index contributed by atoms with van der Waals surface area (Å²) in [4.78, 5) is 16.3. The molecule has 1 amide bonds. The Balaban J connectivity index is 2.07. The lowest BCUT2D eigenvalue weighted by Gasteiger charge is -2.30. The first-order valence-corrected chi connectivity index (χ1v) is 6.66. The van der Waals surface area contributed by atoms with Gasteiger partial charge in [0.05, 0.1) is 25.3 Å². The fourth-order valence-electron chi connectivity index (χ4n) is 2.42. The van der Waals surface area contributed by atoms with Crippen molar-refractivity contribution in [3.8, 4) is 5.75 Å². The number of carbonyl (C=O) groups excluding carboxylic acids is 1. The van der Waals surface area contributed by atoms with E-state index in [1.807, 2.05) is 6.92 Å². The Morgan fingerprint density at radius 3 is 3.21 bits per heavy atom. The number of methoxy groups -OCH3 is 1. The van der Waals surface area contributed by atoms with Gasteiger partial charge in [-0.2, -0.15) is 0 Å². The van der Waals surface area contributed by atoms with Crippen LogP contribution in [-0.2, 0) is 9.53 Å². The van der Waals surface area contributed by atoms with Gasteiger partial charge in [0, 0.05) is 18.9 Å². The molecule has 0 spiro atoms. The third-order valence-electron chi connectivity index (χ3n) is 3.44. The highest BCUT2D eigenvalue weighted by Crippen LogP contribution is 2.27. The van der Waals surface area contributed by atoms with E-state index in [0.717, 1.165) is 25.9 Å². The van der Waals surface area contributed by atoms with Crippen LogP contribution in [0.2, 0.25) is 0 Å². The highest BCUT2D eigenvalue weighted by atomic mass is 16.5. The Morgan fingerprint density at radius 1 is 1.63 bits per heavy atom. The van der Waals surface area contributed by atoms with Crippen LogP contribution in [0.3, 0.4) is 0 Å². The maximum atomic E-state index is 12.3. The molecule has 1 aliphatic heterocycles. The van der Waals surface area contributed by atoms with Gasteiger partial charge in [0.15, 0.2) is 0 Å². The monoisotopic (exact) mass is 264 g/mol. The normalized spacial score (nSPS) is 22.8. The van der Waals surface area contributed by atoms with Gasteiger partial charge in [-0.3, -0.25) is 9.78 Å². The highest BCUT2D eigenvalue weighted by Gasteiger charge is 2.31. The summed E-state index contributed by atoms with van der Waals surface area (Å²) in [6, 6.07) is 1.73. The largest absolute Gasteiger partial charge is 0.494 e. The smallest absolute Gasteiger partial charge is 0.230 e. The Labute approximate surface area is 113 Å². The van der Waals surface area contributed by atoms with E-state index in [9.17, 15) is 4.79 Å². The SMILES string of the molecule is CC[C@H]1OCCC[C@H]1C(=O)Nc1cnccc1OC. The van der Waals surface area contributed by atoms with Gasteiger partial charge in [-0.05, 0) is 19.3 Å². The lowest BCUT2D eigenvalue weighted by Crippen LogP contribution is -2.37. The molecule has 104 valence electrons. The van der Waals surface area contributed by atoms with Crippen LogP contribution in [0.15, 0.2) is 18.5 Å². The van der Waals surface area contributed by atoms with E-state index in [0.29, 0.717) is 11.4 Å². The van der Waals surface area contributed by atoms with E-state index in [1.54, 1.807) is 25.6 Å². The van der Waals surface area contributed by atoms with Crippen LogP contribution in [0.5, 0.6) is 5.75 Å². The first kappa shape index (κ1) is 13.8. The number of aromatic nitrogens is 1. The number of rotatable bonds is 4. The second-order valence-corrected chi connectivity index (χ2v) is 4.63. The zero-order chi connectivity index (χ0) is 13.7. The van der Waals surface area contributed by atoms with Crippen molar-refractivity contribution < 1.29 is 14.3 Å². The Hall–Kier alpha value is -1.62. The first-order chi connectivity index (χ1) is 9.26. The van der Waals surface area contributed by atoms with Gasteiger partial charge in [0.1, 0.15) is 11.4 Å². The summed E-state index contributed by atoms with van der Waals surface area (Å²) in [6.45, 7) is 2.79. The van der Waals surface area contributed by atoms with Gasteiger partial charge in [0.25, 0.3) is 0 Å². The molecule has 0 radical (unpaired) electrons. The summed E-state index contributed by atoms with van der Waals surface area (Å²) >= 11 is 0. The van der Waals surface area contributed by atoms with E-state index in [2.05, 4.69) is 10.3 Å². The number of hydrogen-bond acceptors (Lipinski definition) is 4. The number of hydrogen-bond donors (Lipinski definition) is 1. The predicted molar refractivity (Wildman–Crippen MR) is 72.2 cm³/mol. The molecule has 5 nitrogen and oxygen atoms in total. The van der Waals surface area contributed by atoms with E-state index in [4.69, 9.17) is 9.47 Å². The van der Waals surface area contributed by atoms with Gasteiger partial charge in [-0.1, -0.05) is 6.92 Å². The van der Waals surface area contributed by atoms with Gasteiger partial charge in [-0.25, -0.2) is 0 Å². The number of nitrogens with one attached hydrogen (secondary N) is 1. The molecule has 0 saturated carbocycles. The minimum Gasteiger partial charge on any atom is -0.494 e. The molecule has 2 atom stereocenters. The zero-order valence-corrected chi connectivity index (χ0v) is 11.4. The number of nitrogens with zero attached hydrogens (tertiary/aromatic N) is 1. The van der Waals surface area contributed by atoms with Crippen molar-refractivity contribution in [1.82, 2.24) is 4.98 Å². The zero-order valence-electron chi connectivity index (χ0n) is 11.4. The number of pyridine rings is 1. The fourth-order valence-corrected chi connectivity index (χ4v) is 2.42. The molecule has 1 aromatic rings. The molecule has 0 aromatic carbocycles. The molecule has 1 aliphatic rings. The van der Waals surface area contributed by atoms with Crippen LogP contribution in [-0.4, -0.2) is 30.7 Å². The van der Waals surface area contributed by atoms with E-state index in [-0.39, 0.29) is 17.9 Å². The summed E-state index contributed by atoms with van der Waals surface area (Å²) in [5.74, 6) is 0.509. The molecule has 2 heterocycles. The third kappa shape index (κ3) is 3.23. The molecule has 1 aromatic heterocycles. The minimum atomic E-state index is -0.0938. The van der Waals surface area contributed by atoms with E-state index in [1.165, 1.54) is 0 Å². The maximum Gasteiger partial charge on any atom is 0.230 e. The van der Waals surface area contributed by atoms with Crippen molar-refractivity contribution in [2.45, 2.75) is 32.3 Å². The number of amides is 1. The van der Waals surface area contributed by atoms with Crippen LogP contribution < -0.4 is 10.1 Å². The number of anilines is 1. The molecule has 1 saturated heterocycles. The van der Waals surface area contributed by atoms with Gasteiger partial charge < -0.3 is 14.8 Å². The highest BCUT2D eigenvalue weighted by molar-refractivity contribution is 5.94. The molecular formula is C14H20N2O3. The third-order valence-corrected chi connectivity index (χ3v) is 3.44. The molecule has 0 aliphatic carbocycles. The average Bonchev–Trinajstić information content (AvgIpc) is 2.47. The van der Waals surface area contributed by atoms with Crippen LogP contribution >= 0.6 is 0 Å². The summed E-state index contributed by atoms with van der Waals surface area (Å²) in [5, 5.41) is 2.89. The predicted octanol–water partition coefficient (Wildman–Crippen LogP) is 2.23. The van der Waals surface area contributed by atoms with Crippen molar-refractivity contribution >= 4 is 11.6 Å². The first-order valence-electron chi connectivity index (χ1n) is 6.66. The van der Waals surface area contributed by atoms with Crippen LogP contribution in [0, 0.1) is 5.92 Å². The topological polar surface area (TPSA) is 60.5 Å². The Kier molecular flexibility index (Phi) is 4.74. The summed E-state index contributed by atoms with van der Waals surface area (Å²) in [5.41, 5.74) is 0.607. The lowest BCUT2D eigenvalue weighted by atomic mass is 9.92. The molecule has 2 rings (SSSR count). The van der Waals surface area contributed by atoms with Crippen LogP contribution in [0.25, 0.3) is 0 Å². The van der Waals surface area contributed by atoms with Crippen LogP contribution in [0.4, 0.5) is 5.69 Å². The second-order valence-electron chi connectivity index (χ2n) is 4.63. The summed E-state index contributed by atoms with van der Waals surface area (Å²) in [7, 11) is 1.57. The molecule has 19 heavy (non-hydrogen) atoms.